The van der Waals surface area contributed by atoms with Crippen molar-refractivity contribution >= 4 is 34.7 Å². The summed E-state index contributed by atoms with van der Waals surface area (Å²) in [6.45, 7) is 8.13. The number of carbonyl (C=O) groups excluding carboxylic acids is 2. The number of nitriles is 1. The molecule has 0 N–H and O–H groups in total. The number of hydrogen-bond acceptors (Lipinski definition) is 11. The standard InChI is InChI=1S/C49H61N5O7/c1-5-14-41(47(55)60-35-12-9-8-11-34-59-46-29-19-40(20-30-46)39-17-15-38(37-50)16-18-39)31-32-49(2,3)48(56)61-36-13-7-6-10-33-53(4)44-25-21-42(22-26-44)51-52-43-23-27-45(28-24-43)54(57)58/h15-30,41H,5-14,31-36H2,1-4H3. The number of esters is 2. The third-order valence-electron chi connectivity index (χ3n) is 10.6. The van der Waals surface area contributed by atoms with E-state index in [-0.39, 0.29) is 23.5 Å². The summed E-state index contributed by atoms with van der Waals surface area (Å²) in [5, 5.41) is 28.2. The Bertz CT molecular complexity index is 2010. The van der Waals surface area contributed by atoms with Crippen molar-refractivity contribution in [2.75, 3.05) is 38.3 Å². The number of nitro benzene ring substituents is 1. The number of carbonyl (C=O) groups is 2. The van der Waals surface area contributed by atoms with Gasteiger partial charge in [-0.15, -0.1) is 0 Å². The van der Waals surface area contributed by atoms with Crippen LogP contribution in [0.1, 0.15) is 103 Å². The van der Waals surface area contributed by atoms with Gasteiger partial charge in [0.25, 0.3) is 5.69 Å². The number of benzene rings is 4. The van der Waals surface area contributed by atoms with E-state index in [1.165, 1.54) is 12.1 Å². The van der Waals surface area contributed by atoms with Crippen molar-refractivity contribution in [2.24, 2.45) is 21.6 Å². The fourth-order valence-corrected chi connectivity index (χ4v) is 6.71. The first-order valence-corrected chi connectivity index (χ1v) is 21.5. The summed E-state index contributed by atoms with van der Waals surface area (Å²) < 4.78 is 17.3. The summed E-state index contributed by atoms with van der Waals surface area (Å²) in [4.78, 5) is 38.5. The predicted molar refractivity (Wildman–Crippen MR) is 239 cm³/mol. The molecule has 1 unspecified atom stereocenters. The molecule has 0 fully saturated rings. The van der Waals surface area contributed by atoms with Gasteiger partial charge in [-0.1, -0.05) is 44.0 Å². The van der Waals surface area contributed by atoms with E-state index in [9.17, 15) is 19.7 Å². The first kappa shape index (κ1) is 47.6. The molecule has 4 rings (SSSR count). The van der Waals surface area contributed by atoms with Gasteiger partial charge in [0.1, 0.15) is 5.75 Å². The zero-order valence-electron chi connectivity index (χ0n) is 36.2. The van der Waals surface area contributed by atoms with E-state index in [2.05, 4.69) is 28.1 Å². The summed E-state index contributed by atoms with van der Waals surface area (Å²) in [6.07, 6.45) is 10.2. The Morgan fingerprint density at radius 3 is 1.85 bits per heavy atom. The van der Waals surface area contributed by atoms with Gasteiger partial charge >= 0.3 is 11.9 Å². The van der Waals surface area contributed by atoms with Crippen molar-refractivity contribution in [3.8, 4) is 22.9 Å². The van der Waals surface area contributed by atoms with Crippen LogP contribution in [0, 0.1) is 32.8 Å². The number of nitro groups is 1. The second kappa shape index (κ2) is 25.5. The number of nitrogens with zero attached hydrogens (tertiary/aromatic N) is 5. The van der Waals surface area contributed by atoms with Crippen LogP contribution in [-0.4, -0.2) is 50.3 Å². The van der Waals surface area contributed by atoms with E-state index in [0.29, 0.717) is 49.6 Å². The molecule has 0 aromatic heterocycles. The molecule has 1 atom stereocenters. The molecule has 0 radical (unpaired) electrons. The minimum Gasteiger partial charge on any atom is -0.494 e. The van der Waals surface area contributed by atoms with Gasteiger partial charge in [-0.05, 0) is 150 Å². The minimum absolute atomic E-state index is 0.0133. The molecule has 12 heteroatoms. The Morgan fingerprint density at radius 1 is 0.738 bits per heavy atom. The van der Waals surface area contributed by atoms with Gasteiger partial charge < -0.3 is 19.1 Å². The van der Waals surface area contributed by atoms with Crippen LogP contribution in [0.15, 0.2) is 107 Å². The summed E-state index contributed by atoms with van der Waals surface area (Å²) in [5.74, 6) is 0.190. The molecule has 0 aliphatic carbocycles. The maximum Gasteiger partial charge on any atom is 0.311 e. The normalized spacial score (nSPS) is 11.8. The Balaban J connectivity index is 1.02. The monoisotopic (exact) mass is 831 g/mol. The highest BCUT2D eigenvalue weighted by Gasteiger charge is 2.31. The number of rotatable bonds is 27. The van der Waals surface area contributed by atoms with Crippen LogP contribution in [0.25, 0.3) is 11.1 Å². The third-order valence-corrected chi connectivity index (χ3v) is 10.6. The lowest BCUT2D eigenvalue weighted by Crippen LogP contribution is -2.29. The first-order chi connectivity index (χ1) is 29.5. The van der Waals surface area contributed by atoms with Gasteiger partial charge in [0.15, 0.2) is 0 Å². The molecule has 0 saturated carbocycles. The molecule has 0 amide bonds. The van der Waals surface area contributed by atoms with E-state index in [1.54, 1.807) is 12.1 Å². The van der Waals surface area contributed by atoms with Crippen molar-refractivity contribution < 1.29 is 28.7 Å². The predicted octanol–water partition coefficient (Wildman–Crippen LogP) is 12.5. The van der Waals surface area contributed by atoms with E-state index < -0.39 is 10.3 Å². The van der Waals surface area contributed by atoms with Crippen LogP contribution in [0.5, 0.6) is 5.75 Å². The number of ether oxygens (including phenoxy) is 3. The van der Waals surface area contributed by atoms with Crippen molar-refractivity contribution in [1.29, 1.82) is 5.26 Å². The number of anilines is 1. The number of unbranched alkanes of at least 4 members (excludes halogenated alkanes) is 6. The molecule has 12 nitrogen and oxygen atoms in total. The molecular weight excluding hydrogens is 771 g/mol. The molecule has 4 aromatic carbocycles. The first-order valence-electron chi connectivity index (χ1n) is 21.5. The molecule has 0 aliphatic rings. The largest absolute Gasteiger partial charge is 0.494 e. The van der Waals surface area contributed by atoms with Crippen LogP contribution in [0.2, 0.25) is 0 Å². The summed E-state index contributed by atoms with van der Waals surface area (Å²) in [7, 11) is 2.05. The molecular formula is C49H61N5O7. The summed E-state index contributed by atoms with van der Waals surface area (Å²) in [6, 6.07) is 31.3. The van der Waals surface area contributed by atoms with E-state index in [4.69, 9.17) is 19.5 Å². The average molecular weight is 832 g/mol. The highest BCUT2D eigenvalue weighted by Crippen LogP contribution is 2.30. The van der Waals surface area contributed by atoms with Crippen molar-refractivity contribution in [3.63, 3.8) is 0 Å². The highest BCUT2D eigenvalue weighted by atomic mass is 16.6. The molecule has 0 heterocycles. The second-order valence-corrected chi connectivity index (χ2v) is 16.0. The fourth-order valence-electron chi connectivity index (χ4n) is 6.71. The molecule has 0 saturated heterocycles. The molecule has 61 heavy (non-hydrogen) atoms. The Morgan fingerprint density at radius 2 is 1.28 bits per heavy atom. The van der Waals surface area contributed by atoms with Crippen molar-refractivity contribution in [2.45, 2.75) is 97.8 Å². The van der Waals surface area contributed by atoms with E-state index in [1.807, 2.05) is 93.7 Å². The molecule has 324 valence electrons. The number of non-ortho nitro benzene ring substituents is 1. The summed E-state index contributed by atoms with van der Waals surface area (Å²) in [5.41, 5.74) is 4.39. The topological polar surface area (TPSA) is 157 Å². The Labute approximate surface area is 361 Å². The zero-order chi connectivity index (χ0) is 43.9. The van der Waals surface area contributed by atoms with Gasteiger partial charge in [-0.2, -0.15) is 15.5 Å². The van der Waals surface area contributed by atoms with Crippen LogP contribution in [0.3, 0.4) is 0 Å². The summed E-state index contributed by atoms with van der Waals surface area (Å²) >= 11 is 0. The molecule has 0 bridgehead atoms. The van der Waals surface area contributed by atoms with E-state index in [0.717, 1.165) is 93.3 Å². The Hall–Kier alpha value is -6.09. The molecule has 4 aromatic rings. The average Bonchev–Trinajstić information content (AvgIpc) is 3.27. The van der Waals surface area contributed by atoms with Crippen LogP contribution < -0.4 is 9.64 Å². The van der Waals surface area contributed by atoms with Crippen LogP contribution in [-0.2, 0) is 19.1 Å². The number of hydrogen-bond donors (Lipinski definition) is 0. The smallest absolute Gasteiger partial charge is 0.311 e. The van der Waals surface area contributed by atoms with E-state index >= 15 is 0 Å². The maximum atomic E-state index is 13.0. The van der Waals surface area contributed by atoms with Gasteiger partial charge in [-0.25, -0.2) is 0 Å². The lowest BCUT2D eigenvalue weighted by molar-refractivity contribution is -0.384. The van der Waals surface area contributed by atoms with Gasteiger partial charge in [0.2, 0.25) is 0 Å². The minimum atomic E-state index is -0.689. The highest BCUT2D eigenvalue weighted by molar-refractivity contribution is 5.76. The van der Waals surface area contributed by atoms with Gasteiger partial charge in [0.05, 0.1) is 59.1 Å². The quantitative estimate of drug-likeness (QED) is 0.0187. The maximum absolute atomic E-state index is 13.0. The fraction of sp³-hybridized carbons (Fsp3) is 0.449. The third kappa shape index (κ3) is 16.8. The van der Waals surface area contributed by atoms with Crippen LogP contribution >= 0.6 is 0 Å². The van der Waals surface area contributed by atoms with Gasteiger partial charge in [-0.3, -0.25) is 19.7 Å². The lowest BCUT2D eigenvalue weighted by Gasteiger charge is -2.25. The SMILES string of the molecule is CCCC(CCC(C)(C)C(=O)OCCCCCCN(C)c1ccc(N=Nc2ccc([N+](=O)[O-])cc2)cc1)C(=O)OCCCCCCOc1ccc(-c2ccc(C#N)cc2)cc1. The molecule has 0 spiro atoms. The lowest BCUT2D eigenvalue weighted by atomic mass is 9.83. The van der Waals surface area contributed by atoms with Crippen molar-refractivity contribution in [3.05, 3.63) is 113 Å². The van der Waals surface area contributed by atoms with Gasteiger partial charge in [0, 0.05) is 31.4 Å². The zero-order valence-corrected chi connectivity index (χ0v) is 36.2. The Kier molecular flexibility index (Phi) is 19.9. The molecule has 0 aliphatic heterocycles. The van der Waals surface area contributed by atoms with Crippen LogP contribution in [0.4, 0.5) is 22.7 Å². The number of azo groups is 1. The second-order valence-electron chi connectivity index (χ2n) is 16.0. The van der Waals surface area contributed by atoms with Crippen molar-refractivity contribution in [1.82, 2.24) is 0 Å².